The summed E-state index contributed by atoms with van der Waals surface area (Å²) in [6.07, 6.45) is 7.82. The van der Waals surface area contributed by atoms with Gasteiger partial charge in [0.25, 0.3) is 0 Å². The molecule has 7 rings (SSSR count). The van der Waals surface area contributed by atoms with Crippen LogP contribution < -0.4 is 4.74 Å². The minimum atomic E-state index is -0.320. The maximum Gasteiger partial charge on any atom is 0.167 e. The van der Waals surface area contributed by atoms with Crippen LogP contribution in [0.1, 0.15) is 85.8 Å². The molecule has 1 aliphatic rings. The minimum Gasteiger partial charge on any atom is -0.497 e. The van der Waals surface area contributed by atoms with E-state index in [1.807, 2.05) is 36.4 Å². The molecule has 0 spiro atoms. The molecule has 44 heavy (non-hydrogen) atoms. The third kappa shape index (κ3) is 4.97. The van der Waals surface area contributed by atoms with E-state index in [4.69, 9.17) is 9.72 Å². The van der Waals surface area contributed by atoms with Crippen molar-refractivity contribution in [2.24, 2.45) is 0 Å². The third-order valence-corrected chi connectivity index (χ3v) is 8.37. The Bertz CT molecular complexity index is 2130. The lowest BCUT2D eigenvalue weighted by Gasteiger charge is -2.21. The van der Waals surface area contributed by atoms with E-state index in [2.05, 4.69) is 38.4 Å². The molecular weight excluding hydrogens is 555 g/mol. The van der Waals surface area contributed by atoms with Gasteiger partial charge in [0.15, 0.2) is 11.4 Å². The zero-order valence-electron chi connectivity index (χ0n) is 25.4. The standard InChI is InChI=1S/C19H20N4O.C15H13FN4/c1-12-18-16(11-20)22-15-9-8-14(24-2)10-17(15)23(18)19(21-12)13-6-4-3-5-7-13;1-3-4-14-18-9(2)15-12(8-17)19-11-6-5-10(16)7-13(11)20(14)15/h8-10,13H,3-7H2,1-2H3;5-7H,3-4H2,1-2H3. The lowest BCUT2D eigenvalue weighted by molar-refractivity contribution is 0.415. The average molecular weight is 589 g/mol. The molecule has 1 saturated carbocycles. The molecule has 0 amide bonds. The number of hydrogen-bond acceptors (Lipinski definition) is 7. The van der Waals surface area contributed by atoms with Crippen molar-refractivity contribution in [1.29, 1.82) is 10.5 Å². The lowest BCUT2D eigenvalue weighted by Crippen LogP contribution is -2.10. The predicted molar refractivity (Wildman–Crippen MR) is 166 cm³/mol. The first kappa shape index (κ1) is 29.0. The smallest absolute Gasteiger partial charge is 0.167 e. The second-order valence-electron chi connectivity index (χ2n) is 11.3. The topological polar surface area (TPSA) is 117 Å². The van der Waals surface area contributed by atoms with Gasteiger partial charge in [-0.3, -0.25) is 8.80 Å². The molecule has 0 bridgehead atoms. The van der Waals surface area contributed by atoms with Crippen molar-refractivity contribution in [3.8, 4) is 17.9 Å². The Hall–Kier alpha value is -5.09. The lowest BCUT2D eigenvalue weighted by atomic mass is 9.88. The number of ether oxygens (including phenoxy) is 1. The Morgan fingerprint density at radius 3 is 2.09 bits per heavy atom. The van der Waals surface area contributed by atoms with Crippen LogP contribution in [0.4, 0.5) is 4.39 Å². The molecule has 4 aromatic heterocycles. The second-order valence-corrected chi connectivity index (χ2v) is 11.3. The quantitative estimate of drug-likeness (QED) is 0.212. The second kappa shape index (κ2) is 11.9. The molecule has 4 heterocycles. The monoisotopic (exact) mass is 588 g/mol. The summed E-state index contributed by atoms with van der Waals surface area (Å²) in [5.41, 5.74) is 6.93. The normalized spacial score (nSPS) is 13.6. The molecule has 1 aliphatic carbocycles. The Labute approximate surface area is 254 Å². The molecular formula is C34H33FN8O. The van der Waals surface area contributed by atoms with Crippen molar-refractivity contribution in [2.45, 2.75) is 71.6 Å². The first-order valence-electron chi connectivity index (χ1n) is 15.0. The van der Waals surface area contributed by atoms with Crippen LogP contribution in [0, 0.1) is 42.3 Å². The number of benzene rings is 2. The zero-order valence-corrected chi connectivity index (χ0v) is 25.4. The predicted octanol–water partition coefficient (Wildman–Crippen LogP) is 7.27. The van der Waals surface area contributed by atoms with Gasteiger partial charge in [-0.05, 0) is 57.4 Å². The van der Waals surface area contributed by atoms with E-state index < -0.39 is 0 Å². The van der Waals surface area contributed by atoms with Crippen molar-refractivity contribution in [3.63, 3.8) is 0 Å². The van der Waals surface area contributed by atoms with Gasteiger partial charge in [0.1, 0.15) is 46.4 Å². The molecule has 0 N–H and O–H groups in total. The van der Waals surface area contributed by atoms with Gasteiger partial charge in [0, 0.05) is 24.5 Å². The van der Waals surface area contributed by atoms with E-state index in [1.54, 1.807) is 13.2 Å². The first-order valence-corrected chi connectivity index (χ1v) is 15.0. The fraction of sp³-hybridized carbons (Fsp3) is 0.353. The Balaban J connectivity index is 0.000000159. The molecule has 0 radical (unpaired) electrons. The van der Waals surface area contributed by atoms with Crippen LogP contribution in [0.15, 0.2) is 36.4 Å². The summed E-state index contributed by atoms with van der Waals surface area (Å²) in [4.78, 5) is 18.2. The molecule has 0 atom stereocenters. The molecule has 10 heteroatoms. The summed E-state index contributed by atoms with van der Waals surface area (Å²) in [5.74, 6) is 2.83. The fourth-order valence-electron chi connectivity index (χ4n) is 6.40. The van der Waals surface area contributed by atoms with Crippen LogP contribution in [0.25, 0.3) is 33.1 Å². The van der Waals surface area contributed by atoms with Gasteiger partial charge in [-0.15, -0.1) is 0 Å². The molecule has 0 unspecified atom stereocenters. The van der Waals surface area contributed by atoms with Crippen LogP contribution in [0.5, 0.6) is 5.75 Å². The van der Waals surface area contributed by atoms with E-state index in [-0.39, 0.29) is 5.82 Å². The number of rotatable bonds is 4. The molecule has 0 saturated heterocycles. The Morgan fingerprint density at radius 1 is 0.841 bits per heavy atom. The number of methoxy groups -OCH3 is 1. The highest BCUT2D eigenvalue weighted by molar-refractivity contribution is 5.84. The van der Waals surface area contributed by atoms with Crippen molar-refractivity contribution < 1.29 is 9.13 Å². The maximum atomic E-state index is 13.5. The molecule has 9 nitrogen and oxygen atoms in total. The van der Waals surface area contributed by atoms with Gasteiger partial charge in [0.2, 0.25) is 0 Å². The summed E-state index contributed by atoms with van der Waals surface area (Å²) in [6.45, 7) is 5.88. The summed E-state index contributed by atoms with van der Waals surface area (Å²) in [6, 6.07) is 14.5. The van der Waals surface area contributed by atoms with Gasteiger partial charge >= 0.3 is 0 Å². The maximum absolute atomic E-state index is 13.5. The number of aromatic nitrogens is 6. The largest absolute Gasteiger partial charge is 0.497 e. The Kier molecular flexibility index (Phi) is 7.84. The fourth-order valence-corrected chi connectivity index (χ4v) is 6.40. The van der Waals surface area contributed by atoms with Crippen molar-refractivity contribution in [3.05, 3.63) is 76.6 Å². The van der Waals surface area contributed by atoms with Gasteiger partial charge in [0.05, 0.1) is 40.6 Å². The average Bonchev–Trinajstić information content (AvgIpc) is 3.58. The van der Waals surface area contributed by atoms with Crippen LogP contribution >= 0.6 is 0 Å². The Morgan fingerprint density at radius 2 is 1.45 bits per heavy atom. The van der Waals surface area contributed by atoms with E-state index in [1.165, 1.54) is 31.4 Å². The molecule has 2 aromatic carbocycles. The van der Waals surface area contributed by atoms with E-state index in [9.17, 15) is 14.9 Å². The zero-order chi connectivity index (χ0) is 31.0. The minimum absolute atomic E-state index is 0.320. The summed E-state index contributed by atoms with van der Waals surface area (Å²) in [7, 11) is 1.66. The van der Waals surface area contributed by atoms with Crippen LogP contribution in [0.2, 0.25) is 0 Å². The van der Waals surface area contributed by atoms with Crippen molar-refractivity contribution in [2.75, 3.05) is 7.11 Å². The van der Waals surface area contributed by atoms with Gasteiger partial charge in [-0.1, -0.05) is 26.2 Å². The van der Waals surface area contributed by atoms with Crippen LogP contribution in [-0.2, 0) is 6.42 Å². The molecule has 6 aromatic rings. The number of nitriles is 2. The summed E-state index contributed by atoms with van der Waals surface area (Å²) >= 11 is 0. The number of halogens is 1. The summed E-state index contributed by atoms with van der Waals surface area (Å²) in [5, 5.41) is 18.8. The van der Waals surface area contributed by atoms with Crippen LogP contribution in [-0.4, -0.2) is 35.8 Å². The number of hydrogen-bond donors (Lipinski definition) is 0. The van der Waals surface area contributed by atoms with E-state index in [0.29, 0.717) is 33.9 Å². The number of fused-ring (bicyclic) bond motifs is 6. The number of aryl methyl sites for hydroxylation is 3. The third-order valence-electron chi connectivity index (χ3n) is 8.37. The van der Waals surface area contributed by atoms with Crippen molar-refractivity contribution in [1.82, 2.24) is 28.7 Å². The highest BCUT2D eigenvalue weighted by Crippen LogP contribution is 2.35. The van der Waals surface area contributed by atoms with Gasteiger partial charge in [-0.2, -0.15) is 10.5 Å². The van der Waals surface area contributed by atoms with Gasteiger partial charge in [-0.25, -0.2) is 24.3 Å². The number of nitrogens with zero attached hydrogens (tertiary/aromatic N) is 8. The SMILES string of the molecule is CCCc1nc(C)c2c(C#N)nc3ccc(F)cc3n12.COc1ccc2nc(C#N)c3c(C)nc(C4CCCCC4)n3c2c1. The highest BCUT2D eigenvalue weighted by atomic mass is 19.1. The van der Waals surface area contributed by atoms with Gasteiger partial charge < -0.3 is 4.74 Å². The van der Waals surface area contributed by atoms with Crippen LogP contribution in [0.3, 0.4) is 0 Å². The van der Waals surface area contributed by atoms with E-state index in [0.717, 1.165) is 71.0 Å². The first-order chi connectivity index (χ1) is 21.4. The highest BCUT2D eigenvalue weighted by Gasteiger charge is 2.24. The molecule has 0 aliphatic heterocycles. The molecule has 222 valence electrons. The number of imidazole rings is 2. The van der Waals surface area contributed by atoms with Crippen molar-refractivity contribution >= 4 is 33.1 Å². The van der Waals surface area contributed by atoms with E-state index >= 15 is 0 Å². The summed E-state index contributed by atoms with van der Waals surface area (Å²) < 4.78 is 22.9. The molecule has 1 fully saturated rings.